The lowest BCUT2D eigenvalue weighted by molar-refractivity contribution is -0.133. The lowest BCUT2D eigenvalue weighted by Crippen LogP contribution is -2.45. The highest BCUT2D eigenvalue weighted by Crippen LogP contribution is 2.29. The van der Waals surface area contributed by atoms with Crippen LogP contribution in [0.5, 0.6) is 0 Å². The van der Waals surface area contributed by atoms with Gasteiger partial charge < -0.3 is 4.74 Å². The fraction of sp³-hybridized carbons (Fsp3) is 0.474. The predicted octanol–water partition coefficient (Wildman–Crippen LogP) is 1.44. The Morgan fingerprint density at radius 3 is 2.83 bits per heavy atom. The van der Waals surface area contributed by atoms with Gasteiger partial charge >= 0.3 is 0 Å². The first-order valence-corrected chi connectivity index (χ1v) is 12.3. The SMILES string of the molecule is COCCN(C(=O)C1=NN(C2CCS(=O)(=O)C2)C(=O)CC1)c1nc2ccccc2s1. The van der Waals surface area contributed by atoms with E-state index >= 15 is 0 Å². The Kier molecular flexibility index (Phi) is 5.85. The average molecular weight is 451 g/mol. The van der Waals surface area contributed by atoms with Crippen LogP contribution in [-0.2, 0) is 24.2 Å². The lowest BCUT2D eigenvalue weighted by atomic mass is 10.1. The quantitative estimate of drug-likeness (QED) is 0.659. The van der Waals surface area contributed by atoms with Crippen LogP contribution in [0.4, 0.5) is 5.13 Å². The largest absolute Gasteiger partial charge is 0.383 e. The molecule has 30 heavy (non-hydrogen) atoms. The summed E-state index contributed by atoms with van der Waals surface area (Å²) in [6.45, 7) is 0.610. The smallest absolute Gasteiger partial charge is 0.276 e. The Hall–Kier alpha value is -2.37. The molecule has 0 bridgehead atoms. The number of para-hydroxylation sites is 1. The molecule has 2 aliphatic heterocycles. The van der Waals surface area contributed by atoms with E-state index in [0.717, 1.165) is 10.2 Å². The third-order valence-electron chi connectivity index (χ3n) is 5.14. The van der Waals surface area contributed by atoms with Crippen LogP contribution >= 0.6 is 11.3 Å². The van der Waals surface area contributed by atoms with Gasteiger partial charge in [0.05, 0.1) is 40.9 Å². The Balaban J connectivity index is 1.63. The first-order chi connectivity index (χ1) is 14.4. The van der Waals surface area contributed by atoms with Crippen molar-refractivity contribution in [2.45, 2.75) is 25.3 Å². The summed E-state index contributed by atoms with van der Waals surface area (Å²) >= 11 is 1.40. The zero-order valence-electron chi connectivity index (χ0n) is 16.5. The van der Waals surface area contributed by atoms with Gasteiger partial charge in [0, 0.05) is 20.0 Å². The van der Waals surface area contributed by atoms with E-state index in [1.165, 1.54) is 21.2 Å². The van der Waals surface area contributed by atoms with E-state index < -0.39 is 15.9 Å². The highest BCUT2D eigenvalue weighted by atomic mass is 32.2. The van der Waals surface area contributed by atoms with E-state index in [0.29, 0.717) is 24.7 Å². The number of nitrogens with zero attached hydrogens (tertiary/aromatic N) is 4. The molecule has 1 aromatic carbocycles. The van der Waals surface area contributed by atoms with Gasteiger partial charge in [-0.25, -0.2) is 18.4 Å². The number of hydrogen-bond donors (Lipinski definition) is 0. The van der Waals surface area contributed by atoms with Crippen molar-refractivity contribution in [1.29, 1.82) is 0 Å². The van der Waals surface area contributed by atoms with Crippen molar-refractivity contribution in [3.05, 3.63) is 24.3 Å². The van der Waals surface area contributed by atoms with Crippen molar-refractivity contribution in [2.75, 3.05) is 36.7 Å². The van der Waals surface area contributed by atoms with Gasteiger partial charge in [-0.2, -0.15) is 5.10 Å². The fourth-order valence-corrected chi connectivity index (χ4v) is 6.26. The lowest BCUT2D eigenvalue weighted by Gasteiger charge is -2.29. The minimum absolute atomic E-state index is 0.0336. The van der Waals surface area contributed by atoms with Crippen molar-refractivity contribution >= 4 is 54.0 Å². The number of thiazole rings is 1. The number of amides is 2. The number of anilines is 1. The van der Waals surface area contributed by atoms with E-state index in [4.69, 9.17) is 4.74 Å². The molecule has 3 heterocycles. The maximum Gasteiger partial charge on any atom is 0.276 e. The summed E-state index contributed by atoms with van der Waals surface area (Å²) in [6.07, 6.45) is 0.672. The Labute approximate surface area is 178 Å². The molecule has 2 aliphatic rings. The number of sulfone groups is 1. The number of hydrazone groups is 1. The molecule has 9 nitrogen and oxygen atoms in total. The van der Waals surface area contributed by atoms with Gasteiger partial charge in [-0.05, 0) is 18.6 Å². The molecule has 1 atom stereocenters. The molecule has 1 aromatic heterocycles. The van der Waals surface area contributed by atoms with E-state index in [1.807, 2.05) is 24.3 Å². The normalized spacial score (nSPS) is 21.1. The Morgan fingerprint density at radius 2 is 2.13 bits per heavy atom. The van der Waals surface area contributed by atoms with Crippen LogP contribution in [-0.4, -0.2) is 73.7 Å². The maximum absolute atomic E-state index is 13.3. The molecule has 2 aromatic rings. The fourth-order valence-electron chi connectivity index (χ4n) is 3.58. The second kappa shape index (κ2) is 8.40. The minimum atomic E-state index is -3.18. The second-order valence-corrected chi connectivity index (χ2v) is 10.5. The van der Waals surface area contributed by atoms with Crippen LogP contribution in [0.3, 0.4) is 0 Å². The van der Waals surface area contributed by atoms with Gasteiger partial charge in [-0.1, -0.05) is 23.5 Å². The molecule has 0 saturated carbocycles. The van der Waals surface area contributed by atoms with Gasteiger partial charge in [0.2, 0.25) is 5.91 Å². The first kappa shape index (κ1) is 20.9. The molecular weight excluding hydrogens is 428 g/mol. The Bertz CT molecular complexity index is 1080. The van der Waals surface area contributed by atoms with Crippen LogP contribution in [0.1, 0.15) is 19.3 Å². The van der Waals surface area contributed by atoms with Crippen LogP contribution in [0, 0.1) is 0 Å². The summed E-state index contributed by atoms with van der Waals surface area (Å²) in [6, 6.07) is 7.11. The number of methoxy groups -OCH3 is 1. The molecule has 0 aliphatic carbocycles. The van der Waals surface area contributed by atoms with Gasteiger partial charge in [0.1, 0.15) is 5.71 Å². The summed E-state index contributed by atoms with van der Waals surface area (Å²) in [5.41, 5.74) is 1.03. The number of carbonyl (C=O) groups excluding carboxylic acids is 2. The van der Waals surface area contributed by atoms with Crippen molar-refractivity contribution in [2.24, 2.45) is 5.10 Å². The molecule has 1 saturated heterocycles. The van der Waals surface area contributed by atoms with Crippen LogP contribution in [0.15, 0.2) is 29.4 Å². The zero-order chi connectivity index (χ0) is 21.3. The summed E-state index contributed by atoms with van der Waals surface area (Å²) in [5, 5.41) is 6.04. The average Bonchev–Trinajstić information content (AvgIpc) is 3.31. The van der Waals surface area contributed by atoms with E-state index in [9.17, 15) is 18.0 Å². The number of ether oxygens (including phenoxy) is 1. The van der Waals surface area contributed by atoms with E-state index in [-0.39, 0.29) is 41.9 Å². The van der Waals surface area contributed by atoms with Gasteiger partial charge in [-0.3, -0.25) is 14.5 Å². The first-order valence-electron chi connectivity index (χ1n) is 9.64. The number of rotatable bonds is 6. The van der Waals surface area contributed by atoms with Crippen LogP contribution in [0.25, 0.3) is 10.2 Å². The molecule has 2 amide bonds. The molecule has 0 spiro atoms. The standard InChI is InChI=1S/C19H22N4O5S2/c1-28-10-9-22(19-20-14-4-2-3-5-16(14)29-19)18(25)15-6-7-17(24)23(21-15)13-8-11-30(26,27)12-13/h2-5,13H,6-12H2,1H3. The molecule has 0 N–H and O–H groups in total. The van der Waals surface area contributed by atoms with E-state index in [2.05, 4.69) is 10.1 Å². The zero-order valence-corrected chi connectivity index (χ0v) is 18.1. The molecule has 0 radical (unpaired) electrons. The number of benzene rings is 1. The van der Waals surface area contributed by atoms with Crippen LogP contribution < -0.4 is 4.90 Å². The third kappa shape index (κ3) is 4.23. The number of hydrogen-bond acceptors (Lipinski definition) is 8. The van der Waals surface area contributed by atoms with Gasteiger partial charge in [0.15, 0.2) is 15.0 Å². The summed E-state index contributed by atoms with van der Waals surface area (Å²) < 4.78 is 29.8. The van der Waals surface area contributed by atoms with Crippen LogP contribution in [0.2, 0.25) is 0 Å². The minimum Gasteiger partial charge on any atom is -0.383 e. The summed E-state index contributed by atoms with van der Waals surface area (Å²) in [4.78, 5) is 31.8. The van der Waals surface area contributed by atoms with Crippen molar-refractivity contribution in [3.63, 3.8) is 0 Å². The Morgan fingerprint density at radius 1 is 1.33 bits per heavy atom. The summed E-state index contributed by atoms with van der Waals surface area (Å²) in [5.74, 6) is -0.678. The molecule has 1 unspecified atom stereocenters. The van der Waals surface area contributed by atoms with Crippen molar-refractivity contribution < 1.29 is 22.7 Å². The predicted molar refractivity (Wildman–Crippen MR) is 114 cm³/mol. The molecule has 4 rings (SSSR count). The number of aromatic nitrogens is 1. The van der Waals surface area contributed by atoms with E-state index in [1.54, 1.807) is 7.11 Å². The maximum atomic E-state index is 13.3. The molecule has 1 fully saturated rings. The molecular formula is C19H22N4O5S2. The van der Waals surface area contributed by atoms with Gasteiger partial charge in [0.25, 0.3) is 5.91 Å². The topological polar surface area (TPSA) is 109 Å². The monoisotopic (exact) mass is 450 g/mol. The molecule has 160 valence electrons. The van der Waals surface area contributed by atoms with Crippen molar-refractivity contribution in [1.82, 2.24) is 9.99 Å². The van der Waals surface area contributed by atoms with Gasteiger partial charge in [-0.15, -0.1) is 0 Å². The molecule has 11 heteroatoms. The highest BCUT2D eigenvalue weighted by Gasteiger charge is 2.38. The number of fused-ring (bicyclic) bond motifs is 1. The van der Waals surface area contributed by atoms with Crippen molar-refractivity contribution in [3.8, 4) is 0 Å². The summed E-state index contributed by atoms with van der Waals surface area (Å²) in [7, 11) is -1.62. The third-order valence-corrected chi connectivity index (χ3v) is 7.95. The highest BCUT2D eigenvalue weighted by molar-refractivity contribution is 7.91. The number of carbonyl (C=O) groups is 2. The second-order valence-electron chi connectivity index (χ2n) is 7.26.